The summed E-state index contributed by atoms with van der Waals surface area (Å²) in [4.78, 5) is 17.6. The van der Waals surface area contributed by atoms with E-state index in [1.54, 1.807) is 18.3 Å². The molecule has 1 fully saturated rings. The number of thiazole rings is 1. The number of nitro benzene ring substituents is 1. The molecule has 7 nitrogen and oxygen atoms in total. The lowest BCUT2D eigenvalue weighted by atomic mass is 10.1. The Balaban J connectivity index is 1.53. The van der Waals surface area contributed by atoms with Gasteiger partial charge in [-0.15, -0.1) is 11.3 Å². The molecule has 0 aliphatic carbocycles. The van der Waals surface area contributed by atoms with Gasteiger partial charge in [0.25, 0.3) is 5.69 Å². The molecule has 0 atom stereocenters. The molecule has 4 rings (SSSR count). The van der Waals surface area contributed by atoms with Crippen LogP contribution in [0.3, 0.4) is 0 Å². The minimum atomic E-state index is -0.377. The van der Waals surface area contributed by atoms with Crippen LogP contribution in [0, 0.1) is 10.1 Å². The lowest BCUT2D eigenvalue weighted by molar-refractivity contribution is -0.384. The molecule has 0 bridgehead atoms. The number of nitro groups is 1. The van der Waals surface area contributed by atoms with Crippen LogP contribution in [0.5, 0.6) is 0 Å². The first-order valence-corrected chi connectivity index (χ1v) is 10.4. The molecule has 8 heteroatoms. The Kier molecular flexibility index (Phi) is 5.81. The molecule has 0 saturated carbocycles. The van der Waals surface area contributed by atoms with E-state index >= 15 is 0 Å². The standard InChI is InChI=1S/C21H21N5O2S/c27-26(28)18-9-10-20(25-11-5-2-6-12-25)17(13-18)14-22-24-21-23-19(15-29-21)16-7-3-1-4-8-16/h1,3-4,7-10,13-15H,2,5-6,11-12H2,(H,23,24). The third-order valence-corrected chi connectivity index (χ3v) is 5.60. The van der Waals surface area contributed by atoms with E-state index in [1.165, 1.54) is 17.8 Å². The molecule has 0 amide bonds. The summed E-state index contributed by atoms with van der Waals surface area (Å²) in [5.74, 6) is 0. The van der Waals surface area contributed by atoms with E-state index in [1.807, 2.05) is 41.8 Å². The van der Waals surface area contributed by atoms with Gasteiger partial charge in [-0.05, 0) is 25.3 Å². The average molecular weight is 407 g/mol. The lowest BCUT2D eigenvalue weighted by Gasteiger charge is -2.29. The van der Waals surface area contributed by atoms with Crippen molar-refractivity contribution in [2.24, 2.45) is 5.10 Å². The molecular weight excluding hydrogens is 386 g/mol. The second kappa shape index (κ2) is 8.83. The van der Waals surface area contributed by atoms with Crippen molar-refractivity contribution >= 4 is 34.1 Å². The van der Waals surface area contributed by atoms with Gasteiger partial charge in [0.05, 0.1) is 16.8 Å². The molecule has 1 aromatic heterocycles. The molecule has 0 spiro atoms. The number of aromatic nitrogens is 1. The van der Waals surface area contributed by atoms with Crippen molar-refractivity contribution in [1.29, 1.82) is 0 Å². The van der Waals surface area contributed by atoms with Gasteiger partial charge >= 0.3 is 0 Å². The van der Waals surface area contributed by atoms with E-state index in [-0.39, 0.29) is 10.6 Å². The number of rotatable bonds is 6. The monoisotopic (exact) mass is 407 g/mol. The third-order valence-electron chi connectivity index (χ3n) is 4.86. The minimum Gasteiger partial charge on any atom is -0.371 e. The van der Waals surface area contributed by atoms with E-state index in [9.17, 15) is 10.1 Å². The molecule has 1 N–H and O–H groups in total. The summed E-state index contributed by atoms with van der Waals surface area (Å²) in [5.41, 5.74) is 6.65. The molecule has 0 radical (unpaired) electrons. The predicted octanol–water partition coefficient (Wildman–Crippen LogP) is 5.15. The second-order valence-electron chi connectivity index (χ2n) is 6.82. The number of benzene rings is 2. The van der Waals surface area contributed by atoms with Gasteiger partial charge in [0.2, 0.25) is 5.13 Å². The van der Waals surface area contributed by atoms with Crippen molar-refractivity contribution in [3.05, 3.63) is 69.6 Å². The van der Waals surface area contributed by atoms with Crippen LogP contribution < -0.4 is 10.3 Å². The molecule has 1 aliphatic rings. The Morgan fingerprint density at radius 3 is 2.69 bits per heavy atom. The molecule has 148 valence electrons. The van der Waals surface area contributed by atoms with E-state index in [4.69, 9.17) is 0 Å². The van der Waals surface area contributed by atoms with Gasteiger partial charge in [-0.3, -0.25) is 15.5 Å². The Bertz CT molecular complexity index is 1010. The first-order chi connectivity index (χ1) is 14.2. The molecule has 3 aromatic rings. The van der Waals surface area contributed by atoms with Gasteiger partial charge in [-0.2, -0.15) is 5.10 Å². The SMILES string of the molecule is O=[N+]([O-])c1ccc(N2CCCCC2)c(C=NNc2nc(-c3ccccc3)cs2)c1. The first kappa shape index (κ1) is 19.1. The molecular formula is C21H21N5O2S. The van der Waals surface area contributed by atoms with Gasteiger partial charge in [0.1, 0.15) is 0 Å². The van der Waals surface area contributed by atoms with Crippen LogP contribution in [0.25, 0.3) is 11.3 Å². The van der Waals surface area contributed by atoms with Crippen molar-refractivity contribution in [2.75, 3.05) is 23.4 Å². The van der Waals surface area contributed by atoms with Crippen molar-refractivity contribution in [3.63, 3.8) is 0 Å². The zero-order valence-corrected chi connectivity index (χ0v) is 16.6. The van der Waals surface area contributed by atoms with Gasteiger partial charge in [0, 0.05) is 47.4 Å². The lowest BCUT2D eigenvalue weighted by Crippen LogP contribution is -2.30. The van der Waals surface area contributed by atoms with Crippen LogP contribution in [0.4, 0.5) is 16.5 Å². The highest BCUT2D eigenvalue weighted by atomic mass is 32.1. The number of hydrazone groups is 1. The summed E-state index contributed by atoms with van der Waals surface area (Å²) in [5, 5.41) is 18.1. The maximum Gasteiger partial charge on any atom is 0.270 e. The van der Waals surface area contributed by atoms with Crippen LogP contribution >= 0.6 is 11.3 Å². The number of anilines is 2. The smallest absolute Gasteiger partial charge is 0.270 e. The normalized spacial score (nSPS) is 14.3. The zero-order valence-electron chi connectivity index (χ0n) is 15.8. The topological polar surface area (TPSA) is 83.7 Å². The average Bonchev–Trinajstić information content (AvgIpc) is 3.24. The Labute approximate surface area is 172 Å². The maximum atomic E-state index is 11.2. The minimum absolute atomic E-state index is 0.0628. The summed E-state index contributed by atoms with van der Waals surface area (Å²) in [7, 11) is 0. The van der Waals surface area contributed by atoms with Crippen molar-refractivity contribution in [1.82, 2.24) is 4.98 Å². The van der Waals surface area contributed by atoms with Gasteiger partial charge in [-0.1, -0.05) is 30.3 Å². The van der Waals surface area contributed by atoms with E-state index in [0.717, 1.165) is 48.4 Å². The molecule has 2 heterocycles. The fourth-order valence-electron chi connectivity index (χ4n) is 3.41. The van der Waals surface area contributed by atoms with Crippen molar-refractivity contribution in [2.45, 2.75) is 19.3 Å². The molecule has 29 heavy (non-hydrogen) atoms. The molecule has 1 saturated heterocycles. The second-order valence-corrected chi connectivity index (χ2v) is 7.68. The zero-order chi connectivity index (χ0) is 20.1. The Morgan fingerprint density at radius 2 is 1.93 bits per heavy atom. The number of hydrogen-bond acceptors (Lipinski definition) is 7. The quantitative estimate of drug-likeness (QED) is 0.347. The molecule has 2 aromatic carbocycles. The van der Waals surface area contributed by atoms with E-state index in [0.29, 0.717) is 5.13 Å². The van der Waals surface area contributed by atoms with E-state index < -0.39 is 0 Å². The fraction of sp³-hybridized carbons (Fsp3) is 0.238. The maximum absolute atomic E-state index is 11.2. The summed E-state index contributed by atoms with van der Waals surface area (Å²) < 4.78 is 0. The Hall–Kier alpha value is -3.26. The number of piperidine rings is 1. The van der Waals surface area contributed by atoms with Crippen molar-refractivity contribution in [3.8, 4) is 11.3 Å². The first-order valence-electron chi connectivity index (χ1n) is 9.54. The molecule has 1 aliphatic heterocycles. The number of nitrogens with zero attached hydrogens (tertiary/aromatic N) is 4. The highest BCUT2D eigenvalue weighted by Gasteiger charge is 2.17. The van der Waals surface area contributed by atoms with Gasteiger partial charge in [-0.25, -0.2) is 4.98 Å². The molecule has 0 unspecified atom stereocenters. The highest BCUT2D eigenvalue weighted by molar-refractivity contribution is 7.14. The number of non-ortho nitro benzene ring substituents is 1. The van der Waals surface area contributed by atoms with Crippen LogP contribution in [0.2, 0.25) is 0 Å². The van der Waals surface area contributed by atoms with Gasteiger partial charge in [0.15, 0.2) is 0 Å². The third kappa shape index (κ3) is 4.60. The summed E-state index contributed by atoms with van der Waals surface area (Å²) in [6, 6.07) is 14.9. The van der Waals surface area contributed by atoms with E-state index in [2.05, 4.69) is 20.4 Å². The summed E-state index contributed by atoms with van der Waals surface area (Å²) in [6.07, 6.45) is 5.13. The summed E-state index contributed by atoms with van der Waals surface area (Å²) >= 11 is 1.47. The fourth-order valence-corrected chi connectivity index (χ4v) is 4.07. The van der Waals surface area contributed by atoms with Crippen LogP contribution in [0.15, 0.2) is 59.0 Å². The largest absolute Gasteiger partial charge is 0.371 e. The number of nitrogens with one attached hydrogen (secondary N) is 1. The number of hydrogen-bond donors (Lipinski definition) is 1. The summed E-state index contributed by atoms with van der Waals surface area (Å²) in [6.45, 7) is 1.91. The van der Waals surface area contributed by atoms with Crippen LogP contribution in [-0.2, 0) is 0 Å². The van der Waals surface area contributed by atoms with Crippen molar-refractivity contribution < 1.29 is 4.92 Å². The Morgan fingerprint density at radius 1 is 1.14 bits per heavy atom. The van der Waals surface area contributed by atoms with Gasteiger partial charge < -0.3 is 4.90 Å². The highest BCUT2D eigenvalue weighted by Crippen LogP contribution is 2.28. The van der Waals surface area contributed by atoms with Crippen LogP contribution in [-0.4, -0.2) is 29.2 Å². The van der Waals surface area contributed by atoms with Crippen LogP contribution in [0.1, 0.15) is 24.8 Å². The predicted molar refractivity (Wildman–Crippen MR) is 118 cm³/mol.